The molecule has 5 heteroatoms. The van der Waals surface area contributed by atoms with Crippen LogP contribution in [0.25, 0.3) is 0 Å². The molecular formula is C14H13ClN2O2. The van der Waals surface area contributed by atoms with Gasteiger partial charge in [0.05, 0.1) is 19.2 Å². The van der Waals surface area contributed by atoms with E-state index in [0.717, 1.165) is 23.3 Å². The molecule has 19 heavy (non-hydrogen) atoms. The molecule has 98 valence electrons. The Balaban J connectivity index is 1.71. The summed E-state index contributed by atoms with van der Waals surface area (Å²) in [5.74, 6) is 0.974. The minimum absolute atomic E-state index is 0.0833. The largest absolute Gasteiger partial charge is 0.361 e. The second-order valence-corrected chi connectivity index (χ2v) is 5.01. The summed E-state index contributed by atoms with van der Waals surface area (Å²) in [5, 5.41) is 4.40. The number of amides is 1. The highest BCUT2D eigenvalue weighted by Gasteiger charge is 2.23. The smallest absolute Gasteiger partial charge is 0.227 e. The van der Waals surface area contributed by atoms with Gasteiger partial charge in [0.2, 0.25) is 5.91 Å². The predicted octanol–water partition coefficient (Wildman–Crippen LogP) is 2.46. The van der Waals surface area contributed by atoms with Crippen molar-refractivity contribution in [1.82, 2.24) is 10.1 Å². The molecule has 0 N–H and O–H groups in total. The lowest BCUT2D eigenvalue weighted by Crippen LogP contribution is -2.36. The molecule has 0 fully saturated rings. The zero-order valence-corrected chi connectivity index (χ0v) is 11.1. The van der Waals surface area contributed by atoms with E-state index < -0.39 is 0 Å². The molecule has 0 atom stereocenters. The van der Waals surface area contributed by atoms with E-state index in [-0.39, 0.29) is 5.91 Å². The fourth-order valence-corrected chi connectivity index (χ4v) is 2.47. The molecular weight excluding hydrogens is 264 g/mol. The van der Waals surface area contributed by atoms with Crippen molar-refractivity contribution >= 4 is 17.5 Å². The van der Waals surface area contributed by atoms with Gasteiger partial charge in [-0.1, -0.05) is 35.0 Å². The number of nitrogens with zero attached hydrogens (tertiary/aromatic N) is 2. The van der Waals surface area contributed by atoms with Crippen LogP contribution in [0.5, 0.6) is 0 Å². The van der Waals surface area contributed by atoms with Gasteiger partial charge in [0, 0.05) is 23.6 Å². The van der Waals surface area contributed by atoms with Crippen molar-refractivity contribution in [3.05, 3.63) is 52.4 Å². The highest BCUT2D eigenvalue weighted by atomic mass is 35.5. The second kappa shape index (κ2) is 5.05. The first-order chi connectivity index (χ1) is 9.24. The monoisotopic (exact) mass is 276 g/mol. The van der Waals surface area contributed by atoms with Crippen LogP contribution < -0.4 is 0 Å². The van der Waals surface area contributed by atoms with E-state index >= 15 is 0 Å². The molecule has 1 amide bonds. The van der Waals surface area contributed by atoms with Crippen molar-refractivity contribution in [2.45, 2.75) is 19.4 Å². The van der Waals surface area contributed by atoms with E-state index in [1.165, 1.54) is 0 Å². The van der Waals surface area contributed by atoms with Crippen molar-refractivity contribution in [1.29, 1.82) is 0 Å². The lowest BCUT2D eigenvalue weighted by molar-refractivity contribution is -0.131. The molecule has 1 aromatic carbocycles. The van der Waals surface area contributed by atoms with E-state index in [0.29, 0.717) is 24.5 Å². The summed E-state index contributed by atoms with van der Waals surface area (Å²) in [5.41, 5.74) is 1.86. The standard InChI is InChI=1S/C14H13ClN2O2/c15-12-4-2-1-3-10(12)7-14(18)17-6-5-13-11(9-17)8-16-19-13/h1-4,8H,5-7,9H2. The van der Waals surface area contributed by atoms with E-state index in [2.05, 4.69) is 5.16 Å². The molecule has 3 rings (SSSR count). The third-order valence-electron chi connectivity index (χ3n) is 3.35. The molecule has 0 unspecified atom stereocenters. The Morgan fingerprint density at radius 2 is 2.26 bits per heavy atom. The van der Waals surface area contributed by atoms with Gasteiger partial charge in [-0.2, -0.15) is 0 Å². The van der Waals surface area contributed by atoms with Crippen LogP contribution in [0.3, 0.4) is 0 Å². The van der Waals surface area contributed by atoms with Crippen molar-refractivity contribution in [2.24, 2.45) is 0 Å². The quantitative estimate of drug-likeness (QED) is 0.846. The number of halogens is 1. The summed E-state index contributed by atoms with van der Waals surface area (Å²) in [4.78, 5) is 14.1. The molecule has 2 heterocycles. The Bertz CT molecular complexity index is 609. The van der Waals surface area contributed by atoms with Gasteiger partial charge in [0.25, 0.3) is 0 Å². The molecule has 1 aliphatic rings. The highest BCUT2D eigenvalue weighted by Crippen LogP contribution is 2.21. The molecule has 4 nitrogen and oxygen atoms in total. The lowest BCUT2D eigenvalue weighted by Gasteiger charge is -2.25. The van der Waals surface area contributed by atoms with Crippen LogP contribution in [0.15, 0.2) is 35.0 Å². The minimum Gasteiger partial charge on any atom is -0.361 e. The number of carbonyl (C=O) groups is 1. The van der Waals surface area contributed by atoms with Crippen LogP contribution in [0.4, 0.5) is 0 Å². The maximum Gasteiger partial charge on any atom is 0.227 e. The van der Waals surface area contributed by atoms with Crippen LogP contribution >= 0.6 is 11.6 Å². The number of benzene rings is 1. The third-order valence-corrected chi connectivity index (χ3v) is 3.72. The van der Waals surface area contributed by atoms with Crippen molar-refractivity contribution in [3.63, 3.8) is 0 Å². The molecule has 0 radical (unpaired) electrons. The van der Waals surface area contributed by atoms with Crippen molar-refractivity contribution in [2.75, 3.05) is 6.54 Å². The van der Waals surface area contributed by atoms with Gasteiger partial charge in [-0.3, -0.25) is 4.79 Å². The summed E-state index contributed by atoms with van der Waals surface area (Å²) in [7, 11) is 0. The fraction of sp³-hybridized carbons (Fsp3) is 0.286. The molecule has 0 spiro atoms. The Morgan fingerprint density at radius 1 is 1.42 bits per heavy atom. The van der Waals surface area contributed by atoms with Gasteiger partial charge in [-0.15, -0.1) is 0 Å². The zero-order chi connectivity index (χ0) is 13.2. The van der Waals surface area contributed by atoms with Gasteiger partial charge in [0.15, 0.2) is 0 Å². The van der Waals surface area contributed by atoms with Crippen LogP contribution in [0.2, 0.25) is 5.02 Å². The average molecular weight is 277 g/mol. The first kappa shape index (κ1) is 12.2. The van der Waals surface area contributed by atoms with Gasteiger partial charge >= 0.3 is 0 Å². The van der Waals surface area contributed by atoms with Crippen molar-refractivity contribution in [3.8, 4) is 0 Å². The van der Waals surface area contributed by atoms with E-state index in [9.17, 15) is 4.79 Å². The maximum atomic E-state index is 12.3. The fourth-order valence-electron chi connectivity index (χ4n) is 2.27. The van der Waals surface area contributed by atoms with Gasteiger partial charge in [0.1, 0.15) is 5.76 Å². The highest BCUT2D eigenvalue weighted by molar-refractivity contribution is 6.31. The number of hydrogen-bond donors (Lipinski definition) is 0. The maximum absolute atomic E-state index is 12.3. The predicted molar refractivity (Wildman–Crippen MR) is 70.8 cm³/mol. The molecule has 0 aliphatic carbocycles. The molecule has 2 aromatic rings. The Morgan fingerprint density at radius 3 is 3.11 bits per heavy atom. The van der Waals surface area contributed by atoms with Crippen LogP contribution in [-0.4, -0.2) is 22.5 Å². The summed E-state index contributed by atoms with van der Waals surface area (Å²) in [6.45, 7) is 1.24. The Hall–Kier alpha value is -1.81. The normalized spacial score (nSPS) is 14.3. The van der Waals surface area contributed by atoms with Crippen molar-refractivity contribution < 1.29 is 9.32 Å². The van der Waals surface area contributed by atoms with Crippen LogP contribution in [0.1, 0.15) is 16.9 Å². The molecule has 1 aromatic heterocycles. The van der Waals surface area contributed by atoms with E-state index in [1.54, 1.807) is 12.3 Å². The first-order valence-electron chi connectivity index (χ1n) is 6.17. The zero-order valence-electron chi connectivity index (χ0n) is 10.3. The molecule has 0 saturated carbocycles. The van der Waals surface area contributed by atoms with Gasteiger partial charge < -0.3 is 9.42 Å². The lowest BCUT2D eigenvalue weighted by atomic mass is 10.1. The second-order valence-electron chi connectivity index (χ2n) is 4.61. The number of aromatic nitrogens is 1. The van der Waals surface area contributed by atoms with Crippen LogP contribution in [0, 0.1) is 0 Å². The molecule has 1 aliphatic heterocycles. The van der Waals surface area contributed by atoms with Crippen LogP contribution in [-0.2, 0) is 24.2 Å². The number of carbonyl (C=O) groups excluding carboxylic acids is 1. The summed E-state index contributed by atoms with van der Waals surface area (Å²) in [6, 6.07) is 7.44. The topological polar surface area (TPSA) is 46.3 Å². The average Bonchev–Trinajstić information content (AvgIpc) is 2.88. The number of fused-ring (bicyclic) bond motifs is 1. The van der Waals surface area contributed by atoms with E-state index in [4.69, 9.17) is 16.1 Å². The minimum atomic E-state index is 0.0833. The van der Waals surface area contributed by atoms with E-state index in [1.807, 2.05) is 23.1 Å². The number of rotatable bonds is 2. The first-order valence-corrected chi connectivity index (χ1v) is 6.55. The SMILES string of the molecule is O=C(Cc1ccccc1Cl)N1CCc2oncc2C1. The summed E-state index contributed by atoms with van der Waals surface area (Å²) >= 11 is 6.08. The van der Waals surface area contributed by atoms with Gasteiger partial charge in [-0.25, -0.2) is 0 Å². The summed E-state index contributed by atoms with van der Waals surface area (Å²) < 4.78 is 5.11. The summed E-state index contributed by atoms with van der Waals surface area (Å²) in [6.07, 6.45) is 2.74. The van der Waals surface area contributed by atoms with Gasteiger partial charge in [-0.05, 0) is 11.6 Å². The Kier molecular flexibility index (Phi) is 3.25. The molecule has 0 bridgehead atoms. The molecule has 0 saturated heterocycles. The third kappa shape index (κ3) is 2.49. The number of hydrogen-bond acceptors (Lipinski definition) is 3. The Labute approximate surface area is 115 Å².